The molecule has 180 valence electrons. The molecule has 1 fully saturated rings. The Bertz CT molecular complexity index is 1010. The molecule has 3 aliphatic rings. The molecule has 5 rings (SSSR count). The normalized spacial score (nSPS) is 25.2. The number of aliphatic imine (C=N–C) groups is 2. The van der Waals surface area contributed by atoms with Gasteiger partial charge in [0.25, 0.3) is 0 Å². The minimum atomic E-state index is -0.456. The molecule has 0 bridgehead atoms. The highest BCUT2D eigenvalue weighted by Crippen LogP contribution is 2.36. The summed E-state index contributed by atoms with van der Waals surface area (Å²) in [5.41, 5.74) is 15.4. The van der Waals surface area contributed by atoms with Gasteiger partial charge < -0.3 is 21.3 Å². The molecule has 6 heteroatoms. The van der Waals surface area contributed by atoms with Crippen LogP contribution in [-0.2, 0) is 12.8 Å². The predicted molar refractivity (Wildman–Crippen MR) is 140 cm³/mol. The lowest BCUT2D eigenvalue weighted by molar-refractivity contribution is 0.0296. The minimum absolute atomic E-state index is 0.178. The van der Waals surface area contributed by atoms with Crippen LogP contribution in [-0.4, -0.2) is 52.6 Å². The van der Waals surface area contributed by atoms with Gasteiger partial charge in [-0.3, -0.25) is 4.99 Å². The molecule has 2 aliphatic heterocycles. The van der Waals surface area contributed by atoms with E-state index >= 15 is 0 Å². The third-order valence-electron chi connectivity index (χ3n) is 8.01. The summed E-state index contributed by atoms with van der Waals surface area (Å²) < 4.78 is 0. The SMILES string of the molecule is CC(Cc1ccccc1)(N1CC(C2CCCCC2)N=C1N)N1C(N)=NCC1Cc1ccccc1. The van der Waals surface area contributed by atoms with Crippen LogP contribution in [0.3, 0.4) is 0 Å². The van der Waals surface area contributed by atoms with Crippen LogP contribution < -0.4 is 11.5 Å². The molecule has 0 aromatic heterocycles. The number of guanidine groups is 2. The Morgan fingerprint density at radius 1 is 0.882 bits per heavy atom. The van der Waals surface area contributed by atoms with Crippen LogP contribution in [0.2, 0.25) is 0 Å². The molecule has 1 saturated carbocycles. The van der Waals surface area contributed by atoms with Gasteiger partial charge in [-0.2, -0.15) is 0 Å². The molecule has 2 heterocycles. The molecule has 1 aliphatic carbocycles. The summed E-state index contributed by atoms with van der Waals surface area (Å²) in [6, 6.07) is 21.7. The third-order valence-corrected chi connectivity index (χ3v) is 8.01. The van der Waals surface area contributed by atoms with Gasteiger partial charge in [-0.05, 0) is 43.2 Å². The summed E-state index contributed by atoms with van der Waals surface area (Å²) in [4.78, 5) is 14.4. The van der Waals surface area contributed by atoms with Crippen molar-refractivity contribution in [3.63, 3.8) is 0 Å². The van der Waals surface area contributed by atoms with Crippen LogP contribution >= 0.6 is 0 Å². The molecule has 2 aromatic carbocycles. The first kappa shape index (κ1) is 22.8. The fourth-order valence-electron chi connectivity index (χ4n) is 6.30. The lowest BCUT2D eigenvalue weighted by Crippen LogP contribution is -2.67. The lowest BCUT2D eigenvalue weighted by Gasteiger charge is -2.50. The van der Waals surface area contributed by atoms with Crippen molar-refractivity contribution in [1.29, 1.82) is 0 Å². The molecule has 34 heavy (non-hydrogen) atoms. The maximum Gasteiger partial charge on any atom is 0.193 e. The number of nitrogens with zero attached hydrogens (tertiary/aromatic N) is 4. The molecular formula is C28H38N6. The Labute approximate surface area is 203 Å². The van der Waals surface area contributed by atoms with Crippen molar-refractivity contribution in [2.24, 2.45) is 27.4 Å². The maximum absolute atomic E-state index is 6.70. The summed E-state index contributed by atoms with van der Waals surface area (Å²) in [7, 11) is 0. The Morgan fingerprint density at radius 2 is 1.53 bits per heavy atom. The third kappa shape index (κ3) is 4.50. The lowest BCUT2D eigenvalue weighted by atomic mass is 9.84. The second kappa shape index (κ2) is 9.69. The van der Waals surface area contributed by atoms with E-state index in [2.05, 4.69) is 77.4 Å². The van der Waals surface area contributed by atoms with Gasteiger partial charge in [0.2, 0.25) is 0 Å². The molecular weight excluding hydrogens is 420 g/mol. The van der Waals surface area contributed by atoms with E-state index in [0.717, 1.165) is 19.4 Å². The smallest absolute Gasteiger partial charge is 0.193 e. The molecule has 0 amide bonds. The number of hydrogen-bond acceptors (Lipinski definition) is 6. The summed E-state index contributed by atoms with van der Waals surface area (Å²) in [6.07, 6.45) is 8.17. The van der Waals surface area contributed by atoms with Crippen molar-refractivity contribution in [2.45, 2.75) is 69.6 Å². The van der Waals surface area contributed by atoms with Crippen molar-refractivity contribution in [1.82, 2.24) is 9.80 Å². The molecule has 0 radical (unpaired) electrons. The number of hydrogen-bond donors (Lipinski definition) is 2. The topological polar surface area (TPSA) is 83.2 Å². The highest BCUT2D eigenvalue weighted by molar-refractivity contribution is 5.84. The molecule has 0 saturated heterocycles. The summed E-state index contributed by atoms with van der Waals surface area (Å²) in [6.45, 7) is 3.82. The maximum atomic E-state index is 6.70. The first-order valence-electron chi connectivity index (χ1n) is 12.8. The van der Waals surface area contributed by atoms with E-state index < -0.39 is 5.66 Å². The van der Waals surface area contributed by atoms with Gasteiger partial charge in [-0.1, -0.05) is 79.9 Å². The quantitative estimate of drug-likeness (QED) is 0.662. The van der Waals surface area contributed by atoms with Gasteiger partial charge in [0.15, 0.2) is 11.9 Å². The van der Waals surface area contributed by atoms with Crippen LogP contribution in [0.5, 0.6) is 0 Å². The average Bonchev–Trinajstić information content (AvgIpc) is 3.44. The van der Waals surface area contributed by atoms with Gasteiger partial charge in [0, 0.05) is 13.0 Å². The van der Waals surface area contributed by atoms with Gasteiger partial charge in [-0.15, -0.1) is 0 Å². The minimum Gasteiger partial charge on any atom is -0.370 e. The summed E-state index contributed by atoms with van der Waals surface area (Å²) in [5, 5.41) is 0. The van der Waals surface area contributed by atoms with E-state index in [-0.39, 0.29) is 12.1 Å². The van der Waals surface area contributed by atoms with Gasteiger partial charge in [0.1, 0.15) is 5.66 Å². The van der Waals surface area contributed by atoms with E-state index in [9.17, 15) is 0 Å². The number of benzene rings is 2. The second-order valence-electron chi connectivity index (χ2n) is 10.4. The van der Waals surface area contributed by atoms with Crippen molar-refractivity contribution in [2.75, 3.05) is 13.1 Å². The zero-order valence-electron chi connectivity index (χ0n) is 20.3. The van der Waals surface area contributed by atoms with Crippen molar-refractivity contribution in [3.05, 3.63) is 71.8 Å². The first-order chi connectivity index (χ1) is 16.5. The molecule has 2 aromatic rings. The van der Waals surface area contributed by atoms with Crippen LogP contribution in [0.25, 0.3) is 0 Å². The van der Waals surface area contributed by atoms with Crippen LogP contribution in [0.1, 0.15) is 50.2 Å². The van der Waals surface area contributed by atoms with Crippen LogP contribution in [0, 0.1) is 5.92 Å². The highest BCUT2D eigenvalue weighted by atomic mass is 15.5. The fourth-order valence-corrected chi connectivity index (χ4v) is 6.30. The standard InChI is InChI=1S/C28H38N6/c1-28(18-22-13-7-3-8-14-22,33-20-25(32-27(33)30)23-15-9-4-10-16-23)34-24(19-31-26(34)29)17-21-11-5-2-6-12-21/h2-3,5-8,11-14,23-25H,4,9-10,15-20H2,1H3,(H2,29,31)(H2,30,32). The van der Waals surface area contributed by atoms with Crippen LogP contribution in [0.15, 0.2) is 70.6 Å². The molecule has 3 atom stereocenters. The van der Waals surface area contributed by atoms with E-state index in [4.69, 9.17) is 21.5 Å². The van der Waals surface area contributed by atoms with E-state index in [1.165, 1.54) is 43.2 Å². The van der Waals surface area contributed by atoms with Gasteiger partial charge >= 0.3 is 0 Å². The average molecular weight is 459 g/mol. The largest absolute Gasteiger partial charge is 0.370 e. The molecule has 6 nitrogen and oxygen atoms in total. The van der Waals surface area contributed by atoms with Crippen molar-refractivity contribution < 1.29 is 0 Å². The Hall–Kier alpha value is -3.02. The Morgan fingerprint density at radius 3 is 2.21 bits per heavy atom. The summed E-state index contributed by atoms with van der Waals surface area (Å²) >= 11 is 0. The van der Waals surface area contributed by atoms with Gasteiger partial charge in [0.05, 0.1) is 18.6 Å². The second-order valence-corrected chi connectivity index (χ2v) is 10.4. The fraction of sp³-hybridized carbons (Fsp3) is 0.500. The van der Waals surface area contributed by atoms with Crippen molar-refractivity contribution >= 4 is 11.9 Å². The van der Waals surface area contributed by atoms with Crippen LogP contribution in [0.4, 0.5) is 0 Å². The van der Waals surface area contributed by atoms with Gasteiger partial charge in [-0.25, -0.2) is 4.99 Å². The number of nitrogens with two attached hydrogens (primary N) is 2. The van der Waals surface area contributed by atoms with E-state index in [1.807, 2.05) is 0 Å². The predicted octanol–water partition coefficient (Wildman–Crippen LogP) is 3.77. The molecule has 0 spiro atoms. The number of rotatable bonds is 7. The Kier molecular flexibility index (Phi) is 6.48. The zero-order valence-corrected chi connectivity index (χ0v) is 20.3. The zero-order chi connectivity index (χ0) is 23.5. The van der Waals surface area contributed by atoms with E-state index in [1.54, 1.807) is 0 Å². The van der Waals surface area contributed by atoms with E-state index in [0.29, 0.717) is 24.4 Å². The van der Waals surface area contributed by atoms with Crippen molar-refractivity contribution in [3.8, 4) is 0 Å². The summed E-state index contributed by atoms with van der Waals surface area (Å²) in [5.74, 6) is 1.88. The first-order valence-corrected chi connectivity index (χ1v) is 12.8. The highest BCUT2D eigenvalue weighted by Gasteiger charge is 2.48. The monoisotopic (exact) mass is 458 g/mol. The molecule has 3 unspecified atom stereocenters. The molecule has 4 N–H and O–H groups in total. The Balaban J connectivity index is 1.47.